The summed E-state index contributed by atoms with van der Waals surface area (Å²) in [6.45, 7) is 7.22. The van der Waals surface area contributed by atoms with Gasteiger partial charge in [-0.25, -0.2) is 0 Å². The first kappa shape index (κ1) is 12.4. The molecule has 1 fully saturated rings. The largest absolute Gasteiger partial charge is 0.349 e. The number of ketones is 1. The minimum absolute atomic E-state index is 0.214. The summed E-state index contributed by atoms with van der Waals surface area (Å²) in [5, 5.41) is 0. The van der Waals surface area contributed by atoms with Crippen LogP contribution in [0.15, 0.2) is 12.2 Å². The van der Waals surface area contributed by atoms with Crippen LogP contribution in [-0.2, 0) is 14.3 Å². The molecule has 0 spiro atoms. The van der Waals surface area contributed by atoms with Crippen molar-refractivity contribution in [3.63, 3.8) is 0 Å². The highest BCUT2D eigenvalue weighted by molar-refractivity contribution is 5.75. The Labute approximate surface area is 91.4 Å². The van der Waals surface area contributed by atoms with Gasteiger partial charge in [0.1, 0.15) is 5.78 Å². The Hall–Kier alpha value is -0.670. The highest BCUT2D eigenvalue weighted by Gasteiger charge is 2.16. The number of carbonyl (C=O) groups is 1. The van der Waals surface area contributed by atoms with E-state index in [1.165, 1.54) is 0 Å². The van der Waals surface area contributed by atoms with Crippen molar-refractivity contribution in [3.8, 4) is 0 Å². The van der Waals surface area contributed by atoms with Crippen LogP contribution in [0.4, 0.5) is 0 Å². The number of rotatable bonds is 4. The van der Waals surface area contributed by atoms with Crippen LogP contribution in [0, 0.1) is 11.8 Å². The number of Topliss-reactive ketones (excluding diaryl/α,β-unsaturated/α-hetero) is 1. The third-order valence-corrected chi connectivity index (χ3v) is 2.30. The Morgan fingerprint density at radius 3 is 2.60 bits per heavy atom. The zero-order chi connectivity index (χ0) is 11.3. The monoisotopic (exact) mass is 212 g/mol. The van der Waals surface area contributed by atoms with E-state index in [1.54, 1.807) is 6.92 Å². The summed E-state index contributed by atoms with van der Waals surface area (Å²) in [5.74, 6) is 0.949. The summed E-state index contributed by atoms with van der Waals surface area (Å²) in [5.41, 5.74) is 0. The Morgan fingerprint density at radius 2 is 2.07 bits per heavy atom. The van der Waals surface area contributed by atoms with Crippen LogP contribution in [0.5, 0.6) is 0 Å². The summed E-state index contributed by atoms with van der Waals surface area (Å²) < 4.78 is 10.9. The van der Waals surface area contributed by atoms with Gasteiger partial charge in [0.25, 0.3) is 0 Å². The quantitative estimate of drug-likeness (QED) is 0.670. The van der Waals surface area contributed by atoms with Crippen LogP contribution in [-0.4, -0.2) is 25.3 Å². The first-order chi connectivity index (χ1) is 7.08. The maximum Gasteiger partial charge on any atom is 0.176 e. The highest BCUT2D eigenvalue weighted by Crippen LogP contribution is 2.13. The number of carbonyl (C=O) groups excluding carboxylic acids is 1. The fourth-order valence-electron chi connectivity index (χ4n) is 1.53. The highest BCUT2D eigenvalue weighted by atomic mass is 16.7. The molecule has 0 aromatic heterocycles. The summed E-state index contributed by atoms with van der Waals surface area (Å²) in [4.78, 5) is 10.9. The fraction of sp³-hybridized carbons (Fsp3) is 0.750. The molecule has 3 heteroatoms. The number of hydrogen-bond acceptors (Lipinski definition) is 3. The van der Waals surface area contributed by atoms with Gasteiger partial charge in [-0.1, -0.05) is 19.9 Å². The Kier molecular flexibility index (Phi) is 4.99. The second-order valence-corrected chi connectivity index (χ2v) is 4.41. The molecule has 1 atom stereocenters. The van der Waals surface area contributed by atoms with Crippen LogP contribution < -0.4 is 0 Å². The number of allylic oxidation sites excluding steroid dienone is 1. The minimum atomic E-state index is -0.226. The minimum Gasteiger partial charge on any atom is -0.349 e. The van der Waals surface area contributed by atoms with Gasteiger partial charge in [-0.3, -0.25) is 0 Å². The van der Waals surface area contributed by atoms with Gasteiger partial charge in [0.15, 0.2) is 6.29 Å². The van der Waals surface area contributed by atoms with Crippen molar-refractivity contribution < 1.29 is 14.3 Å². The smallest absolute Gasteiger partial charge is 0.176 e. The van der Waals surface area contributed by atoms with E-state index < -0.39 is 0 Å². The number of hydrogen-bond donors (Lipinski definition) is 0. The molecule has 0 amide bonds. The molecule has 1 aliphatic heterocycles. The van der Waals surface area contributed by atoms with Crippen LogP contribution in [0.25, 0.3) is 0 Å². The zero-order valence-corrected chi connectivity index (χ0v) is 9.73. The van der Waals surface area contributed by atoms with Gasteiger partial charge in [-0.15, -0.1) is 0 Å². The SMILES string of the molecule is CC(=O)C[C@@H](C)/C=C/C1OCC(C)CO1. The lowest BCUT2D eigenvalue weighted by Gasteiger charge is -2.25. The molecular formula is C12H20O3. The average Bonchev–Trinajstić information content (AvgIpc) is 2.16. The van der Waals surface area contributed by atoms with E-state index in [9.17, 15) is 4.79 Å². The predicted molar refractivity (Wildman–Crippen MR) is 58.5 cm³/mol. The van der Waals surface area contributed by atoms with Gasteiger partial charge in [-0.2, -0.15) is 0 Å². The average molecular weight is 212 g/mol. The maximum atomic E-state index is 10.9. The second-order valence-electron chi connectivity index (χ2n) is 4.41. The molecule has 0 radical (unpaired) electrons. The normalized spacial score (nSPS) is 29.3. The van der Waals surface area contributed by atoms with Crippen LogP contribution in [0.1, 0.15) is 27.2 Å². The molecule has 0 N–H and O–H groups in total. The van der Waals surface area contributed by atoms with E-state index in [-0.39, 0.29) is 18.0 Å². The van der Waals surface area contributed by atoms with Crippen LogP contribution in [0.3, 0.4) is 0 Å². The standard InChI is InChI=1S/C12H20O3/c1-9(6-11(3)13)4-5-12-14-7-10(2)8-15-12/h4-5,9-10,12H,6-8H2,1-3H3/b5-4+/t9-,10?,12?/m0/s1. The van der Waals surface area contributed by atoms with E-state index in [4.69, 9.17) is 9.47 Å². The van der Waals surface area contributed by atoms with Gasteiger partial charge in [0.05, 0.1) is 13.2 Å². The second kappa shape index (κ2) is 6.03. The van der Waals surface area contributed by atoms with Crippen molar-refractivity contribution in [2.75, 3.05) is 13.2 Å². The van der Waals surface area contributed by atoms with E-state index in [0.717, 1.165) is 13.2 Å². The zero-order valence-electron chi connectivity index (χ0n) is 9.73. The molecule has 86 valence electrons. The van der Waals surface area contributed by atoms with Crippen LogP contribution in [0.2, 0.25) is 0 Å². The molecule has 0 aliphatic carbocycles. The van der Waals surface area contributed by atoms with Crippen molar-refractivity contribution in [1.82, 2.24) is 0 Å². The van der Waals surface area contributed by atoms with Gasteiger partial charge in [0.2, 0.25) is 0 Å². The molecule has 0 saturated carbocycles. The lowest BCUT2D eigenvalue weighted by molar-refractivity contribution is -0.171. The molecule has 1 heterocycles. The number of ether oxygens (including phenoxy) is 2. The van der Waals surface area contributed by atoms with Gasteiger partial charge in [-0.05, 0) is 18.9 Å². The molecule has 1 saturated heterocycles. The Balaban J connectivity index is 2.28. The van der Waals surface area contributed by atoms with Crippen molar-refractivity contribution >= 4 is 5.78 Å². The van der Waals surface area contributed by atoms with Crippen LogP contribution >= 0.6 is 0 Å². The van der Waals surface area contributed by atoms with Crippen molar-refractivity contribution in [1.29, 1.82) is 0 Å². The topological polar surface area (TPSA) is 35.5 Å². The fourth-order valence-corrected chi connectivity index (χ4v) is 1.53. The summed E-state index contributed by atoms with van der Waals surface area (Å²) in [6.07, 6.45) is 4.25. The molecule has 0 bridgehead atoms. The Bertz CT molecular complexity index is 227. The molecule has 0 aromatic rings. The summed E-state index contributed by atoms with van der Waals surface area (Å²) in [7, 11) is 0. The molecule has 0 unspecified atom stereocenters. The summed E-state index contributed by atoms with van der Waals surface area (Å²) >= 11 is 0. The van der Waals surface area contributed by atoms with E-state index in [1.807, 2.05) is 19.1 Å². The first-order valence-electron chi connectivity index (χ1n) is 5.49. The third kappa shape index (κ3) is 5.09. The van der Waals surface area contributed by atoms with Gasteiger partial charge >= 0.3 is 0 Å². The lowest BCUT2D eigenvalue weighted by atomic mass is 10.1. The summed E-state index contributed by atoms with van der Waals surface area (Å²) in [6, 6.07) is 0. The van der Waals surface area contributed by atoms with E-state index in [2.05, 4.69) is 6.92 Å². The lowest BCUT2D eigenvalue weighted by Crippen LogP contribution is -2.29. The Morgan fingerprint density at radius 1 is 1.47 bits per heavy atom. The molecule has 3 nitrogen and oxygen atoms in total. The van der Waals surface area contributed by atoms with Crippen molar-refractivity contribution in [3.05, 3.63) is 12.2 Å². The maximum absolute atomic E-state index is 10.9. The molecule has 1 rings (SSSR count). The van der Waals surface area contributed by atoms with Crippen molar-refractivity contribution in [2.45, 2.75) is 33.5 Å². The molecule has 1 aliphatic rings. The predicted octanol–water partition coefficient (Wildman–Crippen LogP) is 2.17. The first-order valence-corrected chi connectivity index (χ1v) is 5.49. The van der Waals surface area contributed by atoms with E-state index in [0.29, 0.717) is 12.3 Å². The van der Waals surface area contributed by atoms with Crippen molar-refractivity contribution in [2.24, 2.45) is 11.8 Å². The van der Waals surface area contributed by atoms with Gasteiger partial charge < -0.3 is 14.3 Å². The molecule has 15 heavy (non-hydrogen) atoms. The molecule has 0 aromatic carbocycles. The van der Waals surface area contributed by atoms with E-state index >= 15 is 0 Å². The third-order valence-electron chi connectivity index (χ3n) is 2.30. The van der Waals surface area contributed by atoms with Gasteiger partial charge in [0, 0.05) is 12.3 Å². The molecular weight excluding hydrogens is 192 g/mol.